The number of hydrogen-bond acceptors (Lipinski definition) is 4. The Morgan fingerprint density at radius 1 is 1.06 bits per heavy atom. The Morgan fingerprint density at radius 3 is 2.72 bits per heavy atom. The van der Waals surface area contributed by atoms with Crippen molar-refractivity contribution in [2.24, 2.45) is 0 Å². The molecule has 0 radical (unpaired) electrons. The molecule has 0 bridgehead atoms. The van der Waals surface area contributed by atoms with Gasteiger partial charge < -0.3 is 4.74 Å². The van der Waals surface area contributed by atoms with E-state index in [4.69, 9.17) is 4.74 Å². The Hall–Kier alpha value is -3.38. The van der Waals surface area contributed by atoms with E-state index in [1.54, 1.807) is 10.8 Å². The van der Waals surface area contributed by atoms with Crippen LogP contribution >= 0.6 is 0 Å². The second kappa shape index (κ2) is 9.01. The predicted octanol–water partition coefficient (Wildman–Crippen LogP) is 4.25. The molecule has 3 heterocycles. The van der Waals surface area contributed by atoms with Gasteiger partial charge >= 0.3 is 0 Å². The molecular formula is C26H28N4O2. The number of ether oxygens (including phenoxy) is 1. The third kappa shape index (κ3) is 4.32. The monoisotopic (exact) mass is 428 g/mol. The summed E-state index contributed by atoms with van der Waals surface area (Å²) in [6, 6.07) is 20.0. The number of hydrogen-bond donors (Lipinski definition) is 0. The van der Waals surface area contributed by atoms with E-state index >= 15 is 0 Å². The van der Waals surface area contributed by atoms with Crippen LogP contribution in [0, 0.1) is 0 Å². The fourth-order valence-corrected chi connectivity index (χ4v) is 4.46. The van der Waals surface area contributed by atoms with Crippen molar-refractivity contribution in [3.63, 3.8) is 0 Å². The Labute approximate surface area is 187 Å². The average molecular weight is 429 g/mol. The Kier molecular flexibility index (Phi) is 5.77. The molecule has 6 heteroatoms. The van der Waals surface area contributed by atoms with Crippen LogP contribution in [-0.2, 0) is 13.2 Å². The van der Waals surface area contributed by atoms with Gasteiger partial charge in [-0.1, -0.05) is 30.3 Å². The summed E-state index contributed by atoms with van der Waals surface area (Å²) in [5.74, 6) is 0.570. The zero-order chi connectivity index (χ0) is 21.9. The molecule has 0 saturated carbocycles. The van der Waals surface area contributed by atoms with Gasteiger partial charge in [-0.2, -0.15) is 5.10 Å². The summed E-state index contributed by atoms with van der Waals surface area (Å²) in [5, 5.41) is 5.62. The van der Waals surface area contributed by atoms with Gasteiger partial charge in [-0.25, -0.2) is 0 Å². The van der Waals surface area contributed by atoms with Gasteiger partial charge in [0.1, 0.15) is 12.4 Å². The van der Waals surface area contributed by atoms with E-state index in [0.717, 1.165) is 35.2 Å². The van der Waals surface area contributed by atoms with Crippen LogP contribution in [-0.4, -0.2) is 38.4 Å². The van der Waals surface area contributed by atoms with Crippen LogP contribution in [0.1, 0.15) is 25.3 Å². The lowest BCUT2D eigenvalue weighted by molar-refractivity contribution is 0.255. The van der Waals surface area contributed by atoms with Crippen LogP contribution in [0.4, 0.5) is 0 Å². The second-order valence-corrected chi connectivity index (χ2v) is 8.48. The summed E-state index contributed by atoms with van der Waals surface area (Å²) < 4.78 is 9.48. The highest BCUT2D eigenvalue weighted by atomic mass is 16.5. The molecule has 0 amide bonds. The SMILES string of the molecule is C[C@H]1CCCN1CCn1ncc2cc(-n3ccc(OCc4ccccc4)cc3=O)ccc21. The van der Waals surface area contributed by atoms with Gasteiger partial charge in [-0.05, 0) is 56.1 Å². The molecule has 5 rings (SSSR count). The van der Waals surface area contributed by atoms with Crippen molar-refractivity contribution in [1.29, 1.82) is 0 Å². The first kappa shape index (κ1) is 20.5. The van der Waals surface area contributed by atoms with Crippen molar-refractivity contribution in [2.75, 3.05) is 13.1 Å². The van der Waals surface area contributed by atoms with Crippen molar-refractivity contribution in [3.8, 4) is 11.4 Å². The lowest BCUT2D eigenvalue weighted by atomic mass is 10.2. The van der Waals surface area contributed by atoms with E-state index in [1.807, 2.05) is 54.7 Å². The highest BCUT2D eigenvalue weighted by Gasteiger charge is 2.19. The maximum atomic E-state index is 12.7. The third-order valence-corrected chi connectivity index (χ3v) is 6.33. The van der Waals surface area contributed by atoms with Gasteiger partial charge in [-0.15, -0.1) is 0 Å². The van der Waals surface area contributed by atoms with Gasteiger partial charge in [0.15, 0.2) is 0 Å². The summed E-state index contributed by atoms with van der Waals surface area (Å²) >= 11 is 0. The molecule has 0 spiro atoms. The predicted molar refractivity (Wildman–Crippen MR) is 126 cm³/mol. The third-order valence-electron chi connectivity index (χ3n) is 6.33. The first-order valence-corrected chi connectivity index (χ1v) is 11.3. The molecule has 0 unspecified atom stereocenters. The first-order valence-electron chi connectivity index (χ1n) is 11.3. The number of rotatable bonds is 7. The number of aromatic nitrogens is 3. The second-order valence-electron chi connectivity index (χ2n) is 8.48. The summed E-state index contributed by atoms with van der Waals surface area (Å²) in [5.41, 5.74) is 2.87. The Morgan fingerprint density at radius 2 is 1.94 bits per heavy atom. The minimum atomic E-state index is -0.120. The molecule has 1 saturated heterocycles. The van der Waals surface area contributed by atoms with E-state index in [1.165, 1.54) is 25.5 Å². The number of benzene rings is 2. The highest BCUT2D eigenvalue weighted by Crippen LogP contribution is 2.20. The van der Waals surface area contributed by atoms with Gasteiger partial charge in [0.2, 0.25) is 0 Å². The summed E-state index contributed by atoms with van der Waals surface area (Å²) in [7, 11) is 0. The van der Waals surface area contributed by atoms with Crippen LogP contribution in [0.2, 0.25) is 0 Å². The number of nitrogens with zero attached hydrogens (tertiary/aromatic N) is 4. The molecule has 2 aromatic heterocycles. The molecule has 32 heavy (non-hydrogen) atoms. The Balaban J connectivity index is 1.30. The fourth-order valence-electron chi connectivity index (χ4n) is 4.46. The quantitative estimate of drug-likeness (QED) is 0.442. The zero-order valence-corrected chi connectivity index (χ0v) is 18.4. The molecule has 1 aliphatic rings. The van der Waals surface area contributed by atoms with E-state index in [0.29, 0.717) is 18.4 Å². The van der Waals surface area contributed by atoms with Crippen molar-refractivity contribution >= 4 is 10.9 Å². The normalized spacial score (nSPS) is 16.6. The number of fused-ring (bicyclic) bond motifs is 1. The van der Waals surface area contributed by atoms with Crippen LogP contribution in [0.3, 0.4) is 0 Å². The van der Waals surface area contributed by atoms with E-state index in [2.05, 4.69) is 27.7 Å². The lowest BCUT2D eigenvalue weighted by Crippen LogP contribution is -2.30. The van der Waals surface area contributed by atoms with Gasteiger partial charge in [0.05, 0.1) is 18.3 Å². The Bertz CT molecular complexity index is 1260. The summed E-state index contributed by atoms with van der Waals surface area (Å²) in [6.07, 6.45) is 6.22. The molecular weight excluding hydrogens is 400 g/mol. The van der Waals surface area contributed by atoms with E-state index in [-0.39, 0.29) is 5.56 Å². The molecule has 0 aliphatic carbocycles. The van der Waals surface area contributed by atoms with Crippen molar-refractivity contribution < 1.29 is 4.74 Å². The maximum Gasteiger partial charge on any atom is 0.258 e. The largest absolute Gasteiger partial charge is 0.489 e. The molecule has 1 aliphatic heterocycles. The van der Waals surface area contributed by atoms with Gasteiger partial charge in [0.25, 0.3) is 5.56 Å². The highest BCUT2D eigenvalue weighted by molar-refractivity contribution is 5.80. The van der Waals surface area contributed by atoms with Gasteiger partial charge in [-0.3, -0.25) is 18.9 Å². The molecule has 2 aromatic carbocycles. The molecule has 4 aromatic rings. The minimum absolute atomic E-state index is 0.120. The van der Waals surface area contributed by atoms with E-state index < -0.39 is 0 Å². The fraction of sp³-hybridized carbons (Fsp3) is 0.308. The molecule has 1 atom stereocenters. The van der Waals surface area contributed by atoms with E-state index in [9.17, 15) is 4.79 Å². The lowest BCUT2D eigenvalue weighted by Gasteiger charge is -2.20. The summed E-state index contributed by atoms with van der Waals surface area (Å²) in [4.78, 5) is 15.3. The standard InChI is InChI=1S/C26H28N4O2/c1-20-6-5-12-28(20)14-15-30-25-10-9-23(16-22(25)18-27-30)29-13-11-24(17-26(29)31)32-19-21-7-3-2-4-8-21/h2-4,7-11,13,16-18,20H,5-6,12,14-15,19H2,1H3/t20-/m0/s1. The van der Waals surface area contributed by atoms with Crippen LogP contribution in [0.15, 0.2) is 77.9 Å². The minimum Gasteiger partial charge on any atom is -0.489 e. The topological polar surface area (TPSA) is 52.3 Å². The van der Waals surface area contributed by atoms with Gasteiger partial charge in [0, 0.05) is 35.9 Å². The molecule has 6 nitrogen and oxygen atoms in total. The van der Waals surface area contributed by atoms with Crippen LogP contribution in [0.25, 0.3) is 16.6 Å². The molecule has 164 valence electrons. The maximum absolute atomic E-state index is 12.7. The van der Waals surface area contributed by atoms with Crippen LogP contribution < -0.4 is 10.3 Å². The zero-order valence-electron chi connectivity index (χ0n) is 18.4. The average Bonchev–Trinajstić information content (AvgIpc) is 3.42. The smallest absolute Gasteiger partial charge is 0.258 e. The molecule has 0 N–H and O–H groups in total. The van der Waals surface area contributed by atoms with Crippen molar-refractivity contribution in [2.45, 2.75) is 39.0 Å². The first-order chi connectivity index (χ1) is 15.7. The van der Waals surface area contributed by atoms with Crippen LogP contribution in [0.5, 0.6) is 5.75 Å². The van der Waals surface area contributed by atoms with Crippen molar-refractivity contribution in [3.05, 3.63) is 89.0 Å². The number of likely N-dealkylation sites (tertiary alicyclic amines) is 1. The number of pyridine rings is 1. The van der Waals surface area contributed by atoms with Crippen molar-refractivity contribution in [1.82, 2.24) is 19.2 Å². The summed E-state index contributed by atoms with van der Waals surface area (Å²) in [6.45, 7) is 5.81. The molecule has 1 fully saturated rings.